The number of hydrogen-bond acceptors (Lipinski definition) is 4. The molecule has 2 aromatic carbocycles. The minimum absolute atomic E-state index is 0.136. The van der Waals surface area contributed by atoms with Crippen LogP contribution in [-0.4, -0.2) is 25.2 Å². The van der Waals surface area contributed by atoms with Gasteiger partial charge >= 0.3 is 0 Å². The Morgan fingerprint density at radius 1 is 1.24 bits per heavy atom. The zero-order chi connectivity index (χ0) is 15.2. The topological polar surface area (TPSA) is 70.6 Å². The molecular formula is C16H18N2O3. The Morgan fingerprint density at radius 3 is 2.76 bits per heavy atom. The van der Waals surface area contributed by atoms with Gasteiger partial charge in [0.1, 0.15) is 11.5 Å². The first kappa shape index (κ1) is 14.7. The fraction of sp³-hybridized carbons (Fsp3) is 0.188. The highest BCUT2D eigenvalue weighted by molar-refractivity contribution is 5.94. The van der Waals surface area contributed by atoms with Crippen LogP contribution in [0.1, 0.15) is 15.9 Å². The van der Waals surface area contributed by atoms with Crippen LogP contribution in [0.5, 0.6) is 11.5 Å². The van der Waals surface area contributed by atoms with E-state index in [4.69, 9.17) is 4.74 Å². The van der Waals surface area contributed by atoms with Gasteiger partial charge in [-0.05, 0) is 36.4 Å². The van der Waals surface area contributed by atoms with Gasteiger partial charge in [0.2, 0.25) is 0 Å². The summed E-state index contributed by atoms with van der Waals surface area (Å²) in [5.41, 5.74) is 2.11. The number of anilines is 1. The Labute approximate surface area is 123 Å². The molecule has 0 aliphatic rings. The van der Waals surface area contributed by atoms with E-state index in [1.807, 2.05) is 6.07 Å². The van der Waals surface area contributed by atoms with Gasteiger partial charge in [-0.25, -0.2) is 0 Å². The highest BCUT2D eigenvalue weighted by Gasteiger charge is 2.06. The lowest BCUT2D eigenvalue weighted by Crippen LogP contribution is -2.17. The molecule has 0 aliphatic heterocycles. The number of hydrogen-bond donors (Lipinski definition) is 3. The summed E-state index contributed by atoms with van der Waals surface area (Å²) in [7, 11) is 3.17. The fourth-order valence-corrected chi connectivity index (χ4v) is 1.94. The van der Waals surface area contributed by atoms with Gasteiger partial charge in [-0.15, -0.1) is 0 Å². The van der Waals surface area contributed by atoms with E-state index in [2.05, 4.69) is 10.6 Å². The van der Waals surface area contributed by atoms with Crippen molar-refractivity contribution >= 4 is 11.6 Å². The summed E-state index contributed by atoms with van der Waals surface area (Å²) < 4.78 is 5.14. The molecule has 21 heavy (non-hydrogen) atoms. The van der Waals surface area contributed by atoms with Gasteiger partial charge in [0.25, 0.3) is 5.91 Å². The number of benzene rings is 2. The molecule has 0 saturated heterocycles. The van der Waals surface area contributed by atoms with Crippen LogP contribution in [0.25, 0.3) is 0 Å². The number of carbonyl (C=O) groups is 1. The number of phenols is 1. The SMILES string of the molecule is CNC(=O)c1cccc(NCc2cc(OC)ccc2O)c1. The summed E-state index contributed by atoms with van der Waals surface area (Å²) in [6.07, 6.45) is 0. The molecule has 0 unspecified atom stereocenters. The van der Waals surface area contributed by atoms with Crippen LogP contribution >= 0.6 is 0 Å². The highest BCUT2D eigenvalue weighted by Crippen LogP contribution is 2.24. The first-order valence-electron chi connectivity index (χ1n) is 6.56. The largest absolute Gasteiger partial charge is 0.508 e. The van der Waals surface area contributed by atoms with E-state index >= 15 is 0 Å². The van der Waals surface area contributed by atoms with E-state index in [1.54, 1.807) is 50.6 Å². The summed E-state index contributed by atoms with van der Waals surface area (Å²) in [6, 6.07) is 12.2. The van der Waals surface area contributed by atoms with Crippen molar-refractivity contribution in [1.29, 1.82) is 0 Å². The molecule has 0 radical (unpaired) electrons. The molecule has 5 heteroatoms. The maximum Gasteiger partial charge on any atom is 0.251 e. The summed E-state index contributed by atoms with van der Waals surface area (Å²) in [6.45, 7) is 0.431. The minimum Gasteiger partial charge on any atom is -0.508 e. The molecule has 110 valence electrons. The van der Waals surface area contributed by atoms with Crippen molar-refractivity contribution in [3.63, 3.8) is 0 Å². The Bertz CT molecular complexity index is 641. The van der Waals surface area contributed by atoms with Gasteiger partial charge in [0.05, 0.1) is 7.11 Å². The summed E-state index contributed by atoms with van der Waals surface area (Å²) in [4.78, 5) is 11.6. The van der Waals surface area contributed by atoms with Crippen molar-refractivity contribution in [3.8, 4) is 11.5 Å². The zero-order valence-corrected chi connectivity index (χ0v) is 12.0. The number of ether oxygens (including phenoxy) is 1. The predicted molar refractivity (Wildman–Crippen MR) is 81.8 cm³/mol. The first-order valence-corrected chi connectivity index (χ1v) is 6.56. The number of rotatable bonds is 5. The molecule has 0 fully saturated rings. The van der Waals surface area contributed by atoms with Crippen molar-refractivity contribution in [3.05, 3.63) is 53.6 Å². The molecule has 2 rings (SSSR count). The fourth-order valence-electron chi connectivity index (χ4n) is 1.94. The number of nitrogens with one attached hydrogen (secondary N) is 2. The molecule has 0 aromatic heterocycles. The van der Waals surface area contributed by atoms with Gasteiger partial charge in [0.15, 0.2) is 0 Å². The molecular weight excluding hydrogens is 268 g/mol. The molecule has 0 spiro atoms. The lowest BCUT2D eigenvalue weighted by molar-refractivity contribution is 0.0963. The molecule has 3 N–H and O–H groups in total. The van der Waals surface area contributed by atoms with Crippen LogP contribution in [-0.2, 0) is 6.54 Å². The summed E-state index contributed by atoms with van der Waals surface area (Å²) in [5.74, 6) is 0.748. The normalized spacial score (nSPS) is 10.0. The summed E-state index contributed by atoms with van der Waals surface area (Å²) >= 11 is 0. The number of amides is 1. The van der Waals surface area contributed by atoms with Crippen LogP contribution in [0, 0.1) is 0 Å². The third-order valence-corrected chi connectivity index (χ3v) is 3.12. The molecule has 0 saturated carbocycles. The maximum absolute atomic E-state index is 11.6. The third-order valence-electron chi connectivity index (χ3n) is 3.12. The average Bonchev–Trinajstić information content (AvgIpc) is 2.53. The lowest BCUT2D eigenvalue weighted by Gasteiger charge is -2.10. The van der Waals surface area contributed by atoms with Gasteiger partial charge < -0.3 is 20.5 Å². The quantitative estimate of drug-likeness (QED) is 0.789. The number of aromatic hydroxyl groups is 1. The van der Waals surface area contributed by atoms with Crippen molar-refractivity contribution in [1.82, 2.24) is 5.32 Å². The van der Waals surface area contributed by atoms with E-state index in [-0.39, 0.29) is 11.7 Å². The monoisotopic (exact) mass is 286 g/mol. The molecule has 0 bridgehead atoms. The molecule has 0 aliphatic carbocycles. The van der Waals surface area contributed by atoms with Crippen LogP contribution < -0.4 is 15.4 Å². The Kier molecular flexibility index (Phi) is 4.66. The second kappa shape index (κ2) is 6.65. The second-order valence-corrected chi connectivity index (χ2v) is 4.51. The third kappa shape index (κ3) is 3.66. The Hall–Kier alpha value is -2.69. The molecule has 0 atom stereocenters. The van der Waals surface area contributed by atoms with Crippen molar-refractivity contribution in [2.75, 3.05) is 19.5 Å². The standard InChI is InChI=1S/C16H18N2O3/c1-17-16(20)11-4-3-5-13(8-11)18-10-12-9-14(21-2)6-7-15(12)19/h3-9,18-19H,10H2,1-2H3,(H,17,20). The number of methoxy groups -OCH3 is 1. The number of carbonyl (C=O) groups excluding carboxylic acids is 1. The first-order chi connectivity index (χ1) is 10.1. The van der Waals surface area contributed by atoms with E-state index in [1.165, 1.54) is 0 Å². The summed E-state index contributed by atoms with van der Waals surface area (Å²) in [5, 5.41) is 15.6. The average molecular weight is 286 g/mol. The highest BCUT2D eigenvalue weighted by atomic mass is 16.5. The predicted octanol–water partition coefficient (Wildman–Crippen LogP) is 2.37. The molecule has 0 heterocycles. The lowest BCUT2D eigenvalue weighted by atomic mass is 10.1. The molecule has 1 amide bonds. The van der Waals surface area contributed by atoms with Crippen molar-refractivity contribution < 1.29 is 14.6 Å². The number of phenolic OH excluding ortho intramolecular Hbond substituents is 1. The second-order valence-electron chi connectivity index (χ2n) is 4.51. The van der Waals surface area contributed by atoms with Gasteiger partial charge in [-0.1, -0.05) is 6.07 Å². The minimum atomic E-state index is -0.136. The van der Waals surface area contributed by atoms with Crippen LogP contribution in [0.2, 0.25) is 0 Å². The van der Waals surface area contributed by atoms with Crippen LogP contribution in [0.15, 0.2) is 42.5 Å². The zero-order valence-electron chi connectivity index (χ0n) is 12.0. The van der Waals surface area contributed by atoms with E-state index in [0.717, 1.165) is 11.3 Å². The van der Waals surface area contributed by atoms with Crippen LogP contribution in [0.4, 0.5) is 5.69 Å². The molecule has 5 nitrogen and oxygen atoms in total. The Morgan fingerprint density at radius 2 is 2.05 bits per heavy atom. The van der Waals surface area contributed by atoms with Crippen molar-refractivity contribution in [2.24, 2.45) is 0 Å². The van der Waals surface area contributed by atoms with Crippen molar-refractivity contribution in [2.45, 2.75) is 6.54 Å². The van der Waals surface area contributed by atoms with Gasteiger partial charge in [-0.2, -0.15) is 0 Å². The smallest absolute Gasteiger partial charge is 0.251 e. The van der Waals surface area contributed by atoms with Gasteiger partial charge in [0, 0.05) is 30.4 Å². The van der Waals surface area contributed by atoms with Crippen LogP contribution in [0.3, 0.4) is 0 Å². The van der Waals surface area contributed by atoms with E-state index < -0.39 is 0 Å². The maximum atomic E-state index is 11.6. The van der Waals surface area contributed by atoms with Gasteiger partial charge in [-0.3, -0.25) is 4.79 Å². The van der Waals surface area contributed by atoms with E-state index in [9.17, 15) is 9.90 Å². The van der Waals surface area contributed by atoms with E-state index in [0.29, 0.717) is 17.9 Å². The molecule has 2 aromatic rings. The Balaban J connectivity index is 2.11.